The van der Waals surface area contributed by atoms with E-state index in [9.17, 15) is 4.57 Å². The topological polar surface area (TPSA) is 17.1 Å². The molecule has 0 atom stereocenters. The molecule has 0 N–H and O–H groups in total. The summed E-state index contributed by atoms with van der Waals surface area (Å²) in [5, 5.41) is 0.720. The lowest BCUT2D eigenvalue weighted by Crippen LogP contribution is -1.86. The first kappa shape index (κ1) is 11.3. The van der Waals surface area contributed by atoms with Crippen LogP contribution in [0.1, 0.15) is 5.56 Å². The zero-order chi connectivity index (χ0) is 11.4. The van der Waals surface area contributed by atoms with Crippen LogP contribution < -0.4 is 0 Å². The molecule has 0 spiro atoms. The molecule has 0 aromatic heterocycles. The van der Waals surface area contributed by atoms with Gasteiger partial charge in [0.25, 0.3) is 0 Å². The Kier molecular flexibility index (Phi) is 3.71. The highest BCUT2D eigenvalue weighted by molar-refractivity contribution is 7.22. The van der Waals surface area contributed by atoms with Crippen molar-refractivity contribution in [2.45, 2.75) is 6.16 Å². The zero-order valence-corrected chi connectivity index (χ0v) is 10.2. The molecule has 3 heteroatoms. The van der Waals surface area contributed by atoms with E-state index in [-0.39, 0.29) is 8.46 Å². The van der Waals surface area contributed by atoms with Crippen LogP contribution in [0.3, 0.4) is 0 Å². The number of halogens is 1. The normalized spacial score (nSPS) is 10.6. The number of benzene rings is 2. The third-order valence-electron chi connectivity index (χ3n) is 2.42. The van der Waals surface area contributed by atoms with Crippen molar-refractivity contribution in [3.63, 3.8) is 0 Å². The third kappa shape index (κ3) is 2.32. The first-order chi connectivity index (χ1) is 7.83. The molecule has 0 saturated carbocycles. The van der Waals surface area contributed by atoms with E-state index < -0.39 is 0 Å². The molecule has 2 aromatic carbocycles. The fourth-order valence-electron chi connectivity index (χ4n) is 1.67. The highest BCUT2D eigenvalue weighted by Gasteiger charge is 2.07. The average molecular weight is 249 g/mol. The predicted octanol–water partition coefficient (Wildman–Crippen LogP) is 4.80. The van der Waals surface area contributed by atoms with Crippen molar-refractivity contribution in [1.29, 1.82) is 0 Å². The van der Waals surface area contributed by atoms with Gasteiger partial charge in [-0.2, -0.15) is 0 Å². The van der Waals surface area contributed by atoms with Crippen molar-refractivity contribution in [1.82, 2.24) is 0 Å². The van der Waals surface area contributed by atoms with Crippen molar-refractivity contribution in [2.75, 3.05) is 0 Å². The molecule has 0 aliphatic rings. The van der Waals surface area contributed by atoms with Gasteiger partial charge in [-0.3, -0.25) is 4.57 Å². The van der Waals surface area contributed by atoms with Gasteiger partial charge in [0.05, 0.1) is 6.16 Å². The van der Waals surface area contributed by atoms with Gasteiger partial charge in [0, 0.05) is 10.6 Å². The summed E-state index contributed by atoms with van der Waals surface area (Å²) in [5.41, 5.74) is 3.09. The number of hydrogen-bond donors (Lipinski definition) is 0. The van der Waals surface area contributed by atoms with Crippen LogP contribution in [0.4, 0.5) is 0 Å². The van der Waals surface area contributed by atoms with E-state index >= 15 is 0 Å². The molecule has 80 valence electrons. The first-order valence-electron chi connectivity index (χ1n) is 4.95. The van der Waals surface area contributed by atoms with Crippen LogP contribution in [0.5, 0.6) is 0 Å². The van der Waals surface area contributed by atoms with Crippen LogP contribution in [0.25, 0.3) is 11.1 Å². The molecule has 2 aromatic rings. The van der Waals surface area contributed by atoms with Crippen molar-refractivity contribution >= 4 is 20.1 Å². The van der Waals surface area contributed by atoms with E-state index in [2.05, 4.69) is 0 Å². The Hall–Kier alpha value is -1.17. The maximum atomic E-state index is 10.7. The Morgan fingerprint density at radius 3 is 2.25 bits per heavy atom. The number of hydrogen-bond acceptors (Lipinski definition) is 1. The summed E-state index contributed by atoms with van der Waals surface area (Å²) in [7, 11) is 0.128. The molecule has 0 amide bonds. The SMILES string of the molecule is O=PCc1ccccc1-c1ccccc1Cl. The largest absolute Gasteiger partial charge is 0.275 e. The van der Waals surface area contributed by atoms with Crippen LogP contribution in [0.15, 0.2) is 48.5 Å². The summed E-state index contributed by atoms with van der Waals surface area (Å²) in [5.74, 6) is 0. The molecule has 0 fully saturated rings. The molecule has 0 radical (unpaired) electrons. The minimum absolute atomic E-state index is 0.128. The standard InChI is InChI=1S/C13H10ClOP/c14-13-8-4-3-7-12(13)11-6-2-1-5-10(11)9-16-15/h1-8H,9H2. The molecular formula is C13H10ClOP. The van der Waals surface area contributed by atoms with Gasteiger partial charge in [-0.05, 0) is 17.2 Å². The highest BCUT2D eigenvalue weighted by Crippen LogP contribution is 2.31. The fraction of sp³-hybridized carbons (Fsp3) is 0.0769. The average Bonchev–Trinajstić information content (AvgIpc) is 2.31. The Bertz CT molecular complexity index is 511. The number of rotatable bonds is 3. The molecule has 2 rings (SSSR count). The molecule has 0 bridgehead atoms. The summed E-state index contributed by atoms with van der Waals surface area (Å²) in [6.45, 7) is 0. The molecule has 1 nitrogen and oxygen atoms in total. The first-order valence-corrected chi connectivity index (χ1v) is 6.32. The molecule has 0 aliphatic heterocycles. The second-order valence-electron chi connectivity index (χ2n) is 3.42. The van der Waals surface area contributed by atoms with Gasteiger partial charge in [0.2, 0.25) is 0 Å². The Morgan fingerprint density at radius 2 is 1.56 bits per heavy atom. The van der Waals surface area contributed by atoms with Crippen molar-refractivity contribution < 1.29 is 4.57 Å². The van der Waals surface area contributed by atoms with E-state index in [1.807, 2.05) is 48.5 Å². The highest BCUT2D eigenvalue weighted by atomic mass is 35.5. The second-order valence-corrected chi connectivity index (χ2v) is 4.41. The minimum atomic E-state index is 0.128. The van der Waals surface area contributed by atoms with Gasteiger partial charge >= 0.3 is 0 Å². The smallest absolute Gasteiger partial charge is 0.160 e. The van der Waals surface area contributed by atoms with Crippen LogP contribution >= 0.6 is 20.1 Å². The second kappa shape index (κ2) is 5.25. The van der Waals surface area contributed by atoms with E-state index in [1.165, 1.54) is 0 Å². The summed E-state index contributed by atoms with van der Waals surface area (Å²) in [6.07, 6.45) is 0.515. The lowest BCUT2D eigenvalue weighted by atomic mass is 10.0. The minimum Gasteiger partial charge on any atom is -0.275 e. The Balaban J connectivity index is 2.55. The van der Waals surface area contributed by atoms with Crippen molar-refractivity contribution in [3.8, 4) is 11.1 Å². The van der Waals surface area contributed by atoms with Crippen LogP contribution in [-0.4, -0.2) is 0 Å². The van der Waals surface area contributed by atoms with Crippen molar-refractivity contribution in [2.24, 2.45) is 0 Å². The van der Waals surface area contributed by atoms with E-state index in [0.29, 0.717) is 6.16 Å². The molecule has 0 aliphatic carbocycles. The van der Waals surface area contributed by atoms with Gasteiger partial charge in [0.1, 0.15) is 0 Å². The van der Waals surface area contributed by atoms with Gasteiger partial charge in [-0.1, -0.05) is 54.1 Å². The monoisotopic (exact) mass is 248 g/mol. The van der Waals surface area contributed by atoms with Gasteiger partial charge in [0.15, 0.2) is 8.46 Å². The van der Waals surface area contributed by atoms with Crippen molar-refractivity contribution in [3.05, 3.63) is 59.1 Å². The predicted molar refractivity (Wildman–Crippen MR) is 68.2 cm³/mol. The van der Waals surface area contributed by atoms with Gasteiger partial charge < -0.3 is 0 Å². The van der Waals surface area contributed by atoms with E-state index in [1.54, 1.807) is 0 Å². The molecule has 0 unspecified atom stereocenters. The van der Waals surface area contributed by atoms with Crippen LogP contribution in [-0.2, 0) is 10.7 Å². The molecular weight excluding hydrogens is 239 g/mol. The van der Waals surface area contributed by atoms with Crippen LogP contribution in [0, 0.1) is 0 Å². The van der Waals surface area contributed by atoms with E-state index in [4.69, 9.17) is 11.6 Å². The summed E-state index contributed by atoms with van der Waals surface area (Å²) < 4.78 is 10.7. The van der Waals surface area contributed by atoms with Crippen LogP contribution in [0.2, 0.25) is 5.02 Å². The zero-order valence-electron chi connectivity index (χ0n) is 8.56. The van der Waals surface area contributed by atoms with Gasteiger partial charge in [-0.25, -0.2) is 0 Å². The summed E-state index contributed by atoms with van der Waals surface area (Å²) in [4.78, 5) is 0. The maximum Gasteiger partial charge on any atom is 0.160 e. The molecule has 0 saturated heterocycles. The third-order valence-corrected chi connectivity index (χ3v) is 3.22. The Morgan fingerprint density at radius 1 is 0.938 bits per heavy atom. The van der Waals surface area contributed by atoms with E-state index in [0.717, 1.165) is 21.7 Å². The Labute approximate surface area is 101 Å². The molecule has 0 heterocycles. The lowest BCUT2D eigenvalue weighted by Gasteiger charge is -2.08. The fourth-order valence-corrected chi connectivity index (χ4v) is 2.32. The summed E-state index contributed by atoms with van der Waals surface area (Å²) >= 11 is 6.15. The summed E-state index contributed by atoms with van der Waals surface area (Å²) in [6, 6.07) is 15.6. The molecule has 16 heavy (non-hydrogen) atoms. The van der Waals surface area contributed by atoms with Gasteiger partial charge in [-0.15, -0.1) is 0 Å². The maximum absolute atomic E-state index is 10.7. The quantitative estimate of drug-likeness (QED) is 0.713. The lowest BCUT2D eigenvalue weighted by molar-refractivity contribution is 0.598.